The maximum Gasteiger partial charge on any atom is 0.263 e. The summed E-state index contributed by atoms with van der Waals surface area (Å²) >= 11 is 0. The van der Waals surface area contributed by atoms with Crippen molar-refractivity contribution in [2.75, 3.05) is 13.2 Å². The van der Waals surface area contributed by atoms with Crippen LogP contribution in [0, 0.1) is 17.8 Å². The predicted octanol–water partition coefficient (Wildman–Crippen LogP) is 2.22. The fourth-order valence-electron chi connectivity index (χ4n) is 6.92. The van der Waals surface area contributed by atoms with Crippen LogP contribution in [0.5, 0.6) is 0 Å². The van der Waals surface area contributed by atoms with Gasteiger partial charge >= 0.3 is 0 Å². The van der Waals surface area contributed by atoms with Crippen molar-refractivity contribution < 1.29 is 9.90 Å². The number of carbonyl (C=O) groups is 1. The van der Waals surface area contributed by atoms with Gasteiger partial charge in [-0.1, -0.05) is 0 Å². The zero-order valence-corrected chi connectivity index (χ0v) is 15.8. The van der Waals surface area contributed by atoms with Crippen molar-refractivity contribution in [3.05, 3.63) is 27.9 Å². The Morgan fingerprint density at radius 3 is 2.48 bits per heavy atom. The van der Waals surface area contributed by atoms with E-state index >= 15 is 0 Å². The highest BCUT2D eigenvalue weighted by atomic mass is 16.3. The second kappa shape index (κ2) is 6.43. The number of aromatic nitrogens is 2. The lowest BCUT2D eigenvalue weighted by Gasteiger charge is -2.56. The van der Waals surface area contributed by atoms with Crippen LogP contribution in [0.4, 0.5) is 0 Å². The van der Waals surface area contributed by atoms with Crippen LogP contribution in [0.3, 0.4) is 0 Å². The summed E-state index contributed by atoms with van der Waals surface area (Å²) in [6, 6.07) is 0.0322. The third kappa shape index (κ3) is 2.84. The Hall–Kier alpha value is -1.69. The number of aliphatic hydroxyl groups excluding tert-OH is 1. The summed E-state index contributed by atoms with van der Waals surface area (Å²) < 4.78 is 0. The van der Waals surface area contributed by atoms with Crippen LogP contribution in [-0.2, 0) is 5.41 Å². The molecule has 4 aliphatic carbocycles. The van der Waals surface area contributed by atoms with Crippen molar-refractivity contribution in [2.24, 2.45) is 17.8 Å². The zero-order valence-electron chi connectivity index (χ0n) is 15.8. The molecular weight excluding hydrogens is 342 g/mol. The van der Waals surface area contributed by atoms with Gasteiger partial charge < -0.3 is 15.0 Å². The predicted molar refractivity (Wildman–Crippen MR) is 100 cm³/mol. The first kappa shape index (κ1) is 17.4. The molecule has 6 heteroatoms. The molecule has 0 spiro atoms. The van der Waals surface area contributed by atoms with Crippen LogP contribution >= 0.6 is 0 Å². The fraction of sp³-hybridized carbons (Fsp3) is 0.762. The minimum Gasteiger partial charge on any atom is -0.396 e. The van der Waals surface area contributed by atoms with Gasteiger partial charge in [-0.05, 0) is 75.5 Å². The van der Waals surface area contributed by atoms with Crippen LogP contribution in [-0.4, -0.2) is 45.1 Å². The third-order valence-corrected chi connectivity index (χ3v) is 7.67. The van der Waals surface area contributed by atoms with E-state index in [-0.39, 0.29) is 35.1 Å². The largest absolute Gasteiger partial charge is 0.396 e. The number of H-pyrrole nitrogens is 1. The van der Waals surface area contributed by atoms with Crippen molar-refractivity contribution in [1.82, 2.24) is 14.9 Å². The fourth-order valence-corrected chi connectivity index (χ4v) is 6.92. The molecule has 0 aromatic carbocycles. The minimum atomic E-state index is -0.296. The molecule has 1 aromatic rings. The number of hydrogen-bond donors (Lipinski definition) is 2. The van der Waals surface area contributed by atoms with E-state index < -0.39 is 0 Å². The highest BCUT2D eigenvalue weighted by Crippen LogP contribution is 2.59. The van der Waals surface area contributed by atoms with Gasteiger partial charge in [0.25, 0.3) is 11.5 Å². The minimum absolute atomic E-state index is 0.0303. The van der Waals surface area contributed by atoms with Crippen LogP contribution < -0.4 is 5.56 Å². The molecular formula is C21H29N3O3. The van der Waals surface area contributed by atoms with Crippen molar-refractivity contribution in [3.63, 3.8) is 0 Å². The Morgan fingerprint density at radius 1 is 1.22 bits per heavy atom. The lowest BCUT2D eigenvalue weighted by molar-refractivity contribution is -0.00955. The number of rotatable bonds is 4. The van der Waals surface area contributed by atoms with Gasteiger partial charge in [0.15, 0.2) is 0 Å². The number of nitrogens with one attached hydrogen (secondary N) is 1. The molecule has 2 heterocycles. The standard InChI is InChI=1S/C21H29N3O3/c25-5-3-16-2-1-4-24(16)19(27)17-12-22-20(23-18(17)26)21-9-13-6-14(10-21)8-15(7-13)11-21/h12-16,25H,1-11H2,(H,22,23,26)/t13?,14?,15?,16-,21?/m1/s1. The number of nitrogens with zero attached hydrogens (tertiary/aromatic N) is 2. The molecule has 2 N–H and O–H groups in total. The molecule has 1 amide bonds. The molecule has 4 saturated carbocycles. The SMILES string of the molecule is O=C(c1cnc(C23CC4CC(CC(C4)C2)C3)[nH]c1=O)N1CCC[C@@H]1CCO. The van der Waals surface area contributed by atoms with E-state index in [2.05, 4.69) is 9.97 Å². The van der Waals surface area contributed by atoms with E-state index in [1.54, 1.807) is 4.90 Å². The molecule has 27 heavy (non-hydrogen) atoms. The Balaban J connectivity index is 1.41. The smallest absolute Gasteiger partial charge is 0.263 e. The van der Waals surface area contributed by atoms with Crippen LogP contribution in [0.25, 0.3) is 0 Å². The normalized spacial score (nSPS) is 37.1. The molecule has 1 saturated heterocycles. The van der Waals surface area contributed by atoms with Crippen molar-refractivity contribution in [3.8, 4) is 0 Å². The lowest BCUT2D eigenvalue weighted by Crippen LogP contribution is -2.50. The molecule has 5 fully saturated rings. The second-order valence-corrected chi connectivity index (χ2v) is 9.48. The van der Waals surface area contributed by atoms with E-state index in [4.69, 9.17) is 0 Å². The molecule has 6 nitrogen and oxygen atoms in total. The van der Waals surface area contributed by atoms with Crippen LogP contribution in [0.15, 0.2) is 11.0 Å². The molecule has 0 radical (unpaired) electrons. The molecule has 4 bridgehead atoms. The monoisotopic (exact) mass is 371 g/mol. The van der Waals surface area contributed by atoms with Crippen molar-refractivity contribution >= 4 is 5.91 Å². The average molecular weight is 371 g/mol. The Morgan fingerprint density at radius 2 is 1.89 bits per heavy atom. The highest BCUT2D eigenvalue weighted by molar-refractivity contribution is 5.94. The summed E-state index contributed by atoms with van der Waals surface area (Å²) in [5, 5.41) is 9.22. The first-order valence-electron chi connectivity index (χ1n) is 10.6. The lowest BCUT2D eigenvalue weighted by atomic mass is 9.49. The average Bonchev–Trinajstić information content (AvgIpc) is 3.08. The molecule has 5 aliphatic rings. The van der Waals surface area contributed by atoms with E-state index in [0.29, 0.717) is 13.0 Å². The molecule has 1 aromatic heterocycles. The number of hydrogen-bond acceptors (Lipinski definition) is 4. The van der Waals surface area contributed by atoms with Gasteiger partial charge in [-0.15, -0.1) is 0 Å². The molecule has 146 valence electrons. The maximum absolute atomic E-state index is 12.9. The molecule has 1 aliphatic heterocycles. The van der Waals surface area contributed by atoms with Gasteiger partial charge in [0.2, 0.25) is 0 Å². The van der Waals surface area contributed by atoms with E-state index in [1.165, 1.54) is 25.5 Å². The summed E-state index contributed by atoms with van der Waals surface area (Å²) in [4.78, 5) is 35.1. The van der Waals surface area contributed by atoms with Gasteiger partial charge in [0.05, 0.1) is 0 Å². The summed E-state index contributed by atoms with van der Waals surface area (Å²) in [5.41, 5.74) is -0.119. The maximum atomic E-state index is 12.9. The second-order valence-electron chi connectivity index (χ2n) is 9.48. The van der Waals surface area contributed by atoms with E-state index in [1.807, 2.05) is 0 Å². The summed E-state index contributed by atoms with van der Waals surface area (Å²) in [6.45, 7) is 0.716. The van der Waals surface area contributed by atoms with Crippen LogP contribution in [0.1, 0.15) is 74.0 Å². The van der Waals surface area contributed by atoms with Crippen molar-refractivity contribution in [1.29, 1.82) is 0 Å². The van der Waals surface area contributed by atoms with Gasteiger partial charge in [-0.25, -0.2) is 4.98 Å². The number of aromatic amines is 1. The summed E-state index contributed by atoms with van der Waals surface area (Å²) in [5.74, 6) is 2.93. The molecule has 1 atom stereocenters. The van der Waals surface area contributed by atoms with Crippen LogP contribution in [0.2, 0.25) is 0 Å². The zero-order chi connectivity index (χ0) is 18.6. The van der Waals surface area contributed by atoms with E-state index in [0.717, 1.165) is 55.7 Å². The highest BCUT2D eigenvalue weighted by Gasteiger charge is 2.53. The van der Waals surface area contributed by atoms with Gasteiger partial charge in [-0.3, -0.25) is 9.59 Å². The topological polar surface area (TPSA) is 86.3 Å². The number of carbonyl (C=O) groups excluding carboxylic acids is 1. The Bertz CT molecular complexity index is 767. The molecule has 6 rings (SSSR count). The quantitative estimate of drug-likeness (QED) is 0.850. The summed E-state index contributed by atoms with van der Waals surface area (Å²) in [6.07, 6.45) is 11.4. The third-order valence-electron chi connectivity index (χ3n) is 7.67. The number of likely N-dealkylation sites (tertiary alicyclic amines) is 1. The van der Waals surface area contributed by atoms with Gasteiger partial charge in [-0.2, -0.15) is 0 Å². The van der Waals surface area contributed by atoms with Gasteiger partial charge in [0, 0.05) is 30.8 Å². The Labute approximate surface area is 159 Å². The summed E-state index contributed by atoms with van der Waals surface area (Å²) in [7, 11) is 0. The van der Waals surface area contributed by atoms with Gasteiger partial charge in [0.1, 0.15) is 11.4 Å². The van der Waals surface area contributed by atoms with Crippen molar-refractivity contribution in [2.45, 2.75) is 69.2 Å². The first-order chi connectivity index (χ1) is 13.1. The number of amides is 1. The van der Waals surface area contributed by atoms with E-state index in [9.17, 15) is 14.7 Å². The number of aliphatic hydroxyl groups is 1. The molecule has 0 unspecified atom stereocenters. The Kier molecular flexibility index (Phi) is 4.15. The first-order valence-corrected chi connectivity index (χ1v) is 10.6.